The predicted molar refractivity (Wildman–Crippen MR) is 64.2 cm³/mol. The van der Waals surface area contributed by atoms with Crippen LogP contribution >= 0.6 is 0 Å². The largest absolute Gasteiger partial charge is 0.384 e. The molecule has 0 aliphatic heterocycles. The molecule has 0 spiro atoms. The van der Waals surface area contributed by atoms with Crippen molar-refractivity contribution in [3.05, 3.63) is 34.9 Å². The number of hydrogen-bond donors (Lipinski definition) is 1. The molecule has 0 aliphatic rings. The van der Waals surface area contributed by atoms with E-state index in [-0.39, 0.29) is 5.41 Å². The van der Waals surface area contributed by atoms with Crippen LogP contribution in [0.15, 0.2) is 18.2 Å². The van der Waals surface area contributed by atoms with E-state index in [1.54, 1.807) is 7.11 Å². The summed E-state index contributed by atoms with van der Waals surface area (Å²) < 4.78 is 5.27. The molecule has 0 radical (unpaired) electrons. The molecule has 0 aliphatic carbocycles. The average molecular weight is 207 g/mol. The van der Waals surface area contributed by atoms with Gasteiger partial charge in [-0.2, -0.15) is 0 Å². The van der Waals surface area contributed by atoms with Crippen LogP contribution in [0.5, 0.6) is 0 Å². The van der Waals surface area contributed by atoms with Crippen LogP contribution < -0.4 is 5.73 Å². The van der Waals surface area contributed by atoms with Gasteiger partial charge in [-0.15, -0.1) is 0 Å². The number of rotatable bonds is 4. The molecule has 2 N–H and O–H groups in total. The lowest BCUT2D eigenvalue weighted by Gasteiger charge is -2.29. The number of aryl methyl sites for hydroxylation is 2. The summed E-state index contributed by atoms with van der Waals surface area (Å²) in [4.78, 5) is 0. The second-order valence-electron chi connectivity index (χ2n) is 4.52. The molecule has 1 atom stereocenters. The van der Waals surface area contributed by atoms with Crippen LogP contribution in [0.1, 0.15) is 23.6 Å². The molecule has 0 amide bonds. The van der Waals surface area contributed by atoms with Gasteiger partial charge in [-0.3, -0.25) is 0 Å². The fourth-order valence-corrected chi connectivity index (χ4v) is 1.95. The normalized spacial score (nSPS) is 15.0. The van der Waals surface area contributed by atoms with Crippen molar-refractivity contribution in [1.29, 1.82) is 0 Å². The van der Waals surface area contributed by atoms with Gasteiger partial charge in [-0.1, -0.05) is 30.7 Å². The lowest BCUT2D eigenvalue weighted by Crippen LogP contribution is -2.37. The molecule has 1 rings (SSSR count). The van der Waals surface area contributed by atoms with Crippen LogP contribution in [0.4, 0.5) is 0 Å². The van der Waals surface area contributed by atoms with E-state index in [0.29, 0.717) is 13.2 Å². The minimum atomic E-state index is -0.0785. The van der Waals surface area contributed by atoms with Crippen molar-refractivity contribution >= 4 is 0 Å². The predicted octanol–water partition coefficient (Wildman–Crippen LogP) is 2.17. The first-order chi connectivity index (χ1) is 7.03. The van der Waals surface area contributed by atoms with Crippen LogP contribution in [0.2, 0.25) is 0 Å². The average Bonchev–Trinajstić information content (AvgIpc) is 2.22. The first kappa shape index (κ1) is 12.2. The first-order valence-electron chi connectivity index (χ1n) is 5.30. The van der Waals surface area contributed by atoms with Crippen molar-refractivity contribution in [2.45, 2.75) is 26.2 Å². The summed E-state index contributed by atoms with van der Waals surface area (Å²) in [6.07, 6.45) is 0. The summed E-state index contributed by atoms with van der Waals surface area (Å²) in [5.74, 6) is 0. The second kappa shape index (κ2) is 4.77. The van der Waals surface area contributed by atoms with E-state index in [2.05, 4.69) is 39.0 Å². The summed E-state index contributed by atoms with van der Waals surface area (Å²) in [5, 5.41) is 0. The molecule has 1 unspecified atom stereocenters. The molecule has 84 valence electrons. The van der Waals surface area contributed by atoms with Crippen LogP contribution in [-0.4, -0.2) is 20.3 Å². The van der Waals surface area contributed by atoms with Crippen LogP contribution in [0.25, 0.3) is 0 Å². The zero-order valence-corrected chi connectivity index (χ0v) is 10.1. The van der Waals surface area contributed by atoms with Crippen molar-refractivity contribution < 1.29 is 4.74 Å². The fraction of sp³-hybridized carbons (Fsp3) is 0.538. The Morgan fingerprint density at radius 2 is 2.00 bits per heavy atom. The van der Waals surface area contributed by atoms with Crippen molar-refractivity contribution in [1.82, 2.24) is 0 Å². The molecular weight excluding hydrogens is 186 g/mol. The van der Waals surface area contributed by atoms with Gasteiger partial charge in [-0.05, 0) is 25.0 Å². The third-order valence-corrected chi connectivity index (χ3v) is 2.96. The Balaban J connectivity index is 3.16. The molecule has 1 aromatic carbocycles. The van der Waals surface area contributed by atoms with Gasteiger partial charge >= 0.3 is 0 Å². The molecule has 2 nitrogen and oxygen atoms in total. The van der Waals surface area contributed by atoms with Gasteiger partial charge in [0.15, 0.2) is 0 Å². The highest BCUT2D eigenvalue weighted by Gasteiger charge is 2.26. The molecule has 0 heterocycles. The molecule has 0 saturated heterocycles. The maximum absolute atomic E-state index is 5.86. The van der Waals surface area contributed by atoms with E-state index in [0.717, 1.165) is 0 Å². The van der Waals surface area contributed by atoms with Gasteiger partial charge in [0.25, 0.3) is 0 Å². The van der Waals surface area contributed by atoms with Crippen molar-refractivity contribution in [2.75, 3.05) is 20.3 Å². The second-order valence-corrected chi connectivity index (χ2v) is 4.52. The molecule has 0 saturated carbocycles. The summed E-state index contributed by atoms with van der Waals surface area (Å²) in [6, 6.07) is 6.48. The lowest BCUT2D eigenvalue weighted by molar-refractivity contribution is 0.141. The third-order valence-electron chi connectivity index (χ3n) is 2.96. The Labute approximate surface area is 92.4 Å². The molecule has 0 fully saturated rings. The molecule has 1 aromatic rings. The number of hydrogen-bond acceptors (Lipinski definition) is 2. The quantitative estimate of drug-likeness (QED) is 0.821. The van der Waals surface area contributed by atoms with Gasteiger partial charge < -0.3 is 10.5 Å². The molecule has 0 bridgehead atoms. The van der Waals surface area contributed by atoms with Crippen molar-refractivity contribution in [3.63, 3.8) is 0 Å². The Bertz CT molecular complexity index is 335. The molecular formula is C13H21NO. The highest BCUT2D eigenvalue weighted by atomic mass is 16.5. The highest BCUT2D eigenvalue weighted by molar-refractivity contribution is 5.36. The van der Waals surface area contributed by atoms with Crippen molar-refractivity contribution in [3.8, 4) is 0 Å². The zero-order valence-electron chi connectivity index (χ0n) is 10.1. The van der Waals surface area contributed by atoms with E-state index < -0.39 is 0 Å². The maximum Gasteiger partial charge on any atom is 0.0568 e. The van der Waals surface area contributed by atoms with Crippen LogP contribution in [0, 0.1) is 13.8 Å². The fourth-order valence-electron chi connectivity index (χ4n) is 1.95. The monoisotopic (exact) mass is 207 g/mol. The highest BCUT2D eigenvalue weighted by Crippen LogP contribution is 2.27. The number of benzene rings is 1. The van der Waals surface area contributed by atoms with E-state index in [4.69, 9.17) is 10.5 Å². The summed E-state index contributed by atoms with van der Waals surface area (Å²) >= 11 is 0. The van der Waals surface area contributed by atoms with Crippen molar-refractivity contribution in [2.24, 2.45) is 5.73 Å². The minimum Gasteiger partial charge on any atom is -0.384 e. The van der Waals surface area contributed by atoms with Crippen LogP contribution in [-0.2, 0) is 10.2 Å². The van der Waals surface area contributed by atoms with E-state index in [1.807, 2.05) is 0 Å². The first-order valence-corrected chi connectivity index (χ1v) is 5.30. The van der Waals surface area contributed by atoms with Gasteiger partial charge in [0.1, 0.15) is 0 Å². The summed E-state index contributed by atoms with van der Waals surface area (Å²) in [5.41, 5.74) is 9.64. The number of ether oxygens (including phenoxy) is 1. The van der Waals surface area contributed by atoms with E-state index in [9.17, 15) is 0 Å². The van der Waals surface area contributed by atoms with E-state index >= 15 is 0 Å². The maximum atomic E-state index is 5.86. The van der Waals surface area contributed by atoms with Gasteiger partial charge in [-0.25, -0.2) is 0 Å². The minimum absolute atomic E-state index is 0.0785. The lowest BCUT2D eigenvalue weighted by atomic mass is 9.80. The summed E-state index contributed by atoms with van der Waals surface area (Å²) in [6.45, 7) is 7.64. The molecule has 2 heteroatoms. The Kier molecular flexibility index (Phi) is 3.89. The van der Waals surface area contributed by atoms with Gasteiger partial charge in [0, 0.05) is 19.1 Å². The molecule has 0 aromatic heterocycles. The standard InChI is InChI=1S/C13H21NO/c1-10-5-6-11(2)12(7-10)13(3,8-14)9-15-4/h5-7H,8-9,14H2,1-4H3. The number of nitrogens with two attached hydrogens (primary N) is 1. The van der Waals surface area contributed by atoms with Gasteiger partial charge in [0.05, 0.1) is 6.61 Å². The van der Waals surface area contributed by atoms with Crippen LogP contribution in [0.3, 0.4) is 0 Å². The summed E-state index contributed by atoms with van der Waals surface area (Å²) in [7, 11) is 1.72. The Hall–Kier alpha value is -0.860. The zero-order chi connectivity index (χ0) is 11.5. The SMILES string of the molecule is COCC(C)(CN)c1cc(C)ccc1C. The number of methoxy groups -OCH3 is 1. The molecule has 15 heavy (non-hydrogen) atoms. The third kappa shape index (κ3) is 2.58. The van der Waals surface area contributed by atoms with Gasteiger partial charge in [0.2, 0.25) is 0 Å². The topological polar surface area (TPSA) is 35.2 Å². The van der Waals surface area contributed by atoms with E-state index in [1.165, 1.54) is 16.7 Å². The Morgan fingerprint density at radius 3 is 2.53 bits per heavy atom. The Morgan fingerprint density at radius 1 is 1.33 bits per heavy atom. The smallest absolute Gasteiger partial charge is 0.0568 e.